The van der Waals surface area contributed by atoms with Gasteiger partial charge in [-0.05, 0) is 42.1 Å². The van der Waals surface area contributed by atoms with Crippen LogP contribution in [0.25, 0.3) is 0 Å². The molecule has 0 spiro atoms. The van der Waals surface area contributed by atoms with E-state index >= 15 is 0 Å². The molecule has 23 heavy (non-hydrogen) atoms. The quantitative estimate of drug-likeness (QED) is 0.765. The van der Waals surface area contributed by atoms with E-state index in [1.54, 1.807) is 12.1 Å². The zero-order chi connectivity index (χ0) is 16.7. The van der Waals surface area contributed by atoms with E-state index in [1.165, 1.54) is 6.07 Å². The van der Waals surface area contributed by atoms with E-state index in [0.29, 0.717) is 24.4 Å². The molecule has 2 rings (SSSR count). The molecule has 0 aliphatic heterocycles. The van der Waals surface area contributed by atoms with Crippen molar-refractivity contribution in [3.8, 4) is 0 Å². The Bertz CT molecular complexity index is 655. The average molecular weight is 314 g/mol. The molecular formula is C19H23FN2O. The topological polar surface area (TPSA) is 41.1 Å². The number of halogens is 1. The Labute approximate surface area is 136 Å². The fourth-order valence-corrected chi connectivity index (χ4v) is 2.43. The summed E-state index contributed by atoms with van der Waals surface area (Å²) in [6.45, 7) is 4.95. The first-order valence-electron chi connectivity index (χ1n) is 7.91. The molecule has 4 heteroatoms. The van der Waals surface area contributed by atoms with Gasteiger partial charge in [0.25, 0.3) is 0 Å². The maximum atomic E-state index is 13.5. The van der Waals surface area contributed by atoms with Gasteiger partial charge in [-0.15, -0.1) is 0 Å². The van der Waals surface area contributed by atoms with Gasteiger partial charge in [-0.25, -0.2) is 4.39 Å². The molecule has 1 amide bonds. The molecule has 0 unspecified atom stereocenters. The van der Waals surface area contributed by atoms with Crippen LogP contribution in [0.4, 0.5) is 10.1 Å². The molecule has 0 atom stereocenters. The summed E-state index contributed by atoms with van der Waals surface area (Å²) in [7, 11) is 0. The van der Waals surface area contributed by atoms with E-state index in [4.69, 9.17) is 0 Å². The number of rotatable bonds is 7. The largest absolute Gasteiger partial charge is 0.325 e. The van der Waals surface area contributed by atoms with Crippen LogP contribution in [-0.4, -0.2) is 19.0 Å². The van der Waals surface area contributed by atoms with Crippen LogP contribution in [-0.2, 0) is 11.2 Å². The zero-order valence-corrected chi connectivity index (χ0v) is 13.6. The van der Waals surface area contributed by atoms with Crippen LogP contribution in [0.3, 0.4) is 0 Å². The molecule has 0 aliphatic carbocycles. The van der Waals surface area contributed by atoms with Crippen molar-refractivity contribution in [3.63, 3.8) is 0 Å². The molecule has 0 radical (unpaired) electrons. The minimum absolute atomic E-state index is 0.0911. The summed E-state index contributed by atoms with van der Waals surface area (Å²) >= 11 is 0. The van der Waals surface area contributed by atoms with E-state index in [9.17, 15) is 9.18 Å². The third kappa shape index (κ3) is 5.18. The van der Waals surface area contributed by atoms with Crippen LogP contribution < -0.4 is 10.6 Å². The summed E-state index contributed by atoms with van der Waals surface area (Å²) in [6.07, 6.45) is 0.558. The van der Waals surface area contributed by atoms with Gasteiger partial charge in [0.15, 0.2) is 0 Å². The van der Waals surface area contributed by atoms with Crippen molar-refractivity contribution in [1.29, 1.82) is 0 Å². The summed E-state index contributed by atoms with van der Waals surface area (Å²) in [6, 6.07) is 14.5. The summed E-state index contributed by atoms with van der Waals surface area (Å²) in [5, 5.41) is 5.98. The van der Waals surface area contributed by atoms with Gasteiger partial charge in [0.1, 0.15) is 5.82 Å². The minimum atomic E-state index is -0.204. The number of carbonyl (C=O) groups excluding carboxylic acids is 1. The highest BCUT2D eigenvalue weighted by Crippen LogP contribution is 2.23. The van der Waals surface area contributed by atoms with Crippen molar-refractivity contribution in [2.24, 2.45) is 0 Å². The highest BCUT2D eigenvalue weighted by molar-refractivity contribution is 5.93. The molecule has 0 bridgehead atoms. The Balaban J connectivity index is 1.79. The van der Waals surface area contributed by atoms with Crippen molar-refractivity contribution in [2.45, 2.75) is 26.2 Å². The number of nitrogens with one attached hydrogen (secondary N) is 2. The summed E-state index contributed by atoms with van der Waals surface area (Å²) in [5.41, 5.74) is 2.63. The molecule has 122 valence electrons. The molecule has 0 heterocycles. The van der Waals surface area contributed by atoms with Crippen molar-refractivity contribution >= 4 is 11.6 Å². The van der Waals surface area contributed by atoms with E-state index in [1.807, 2.05) is 30.3 Å². The van der Waals surface area contributed by atoms with Crippen LogP contribution in [0.5, 0.6) is 0 Å². The van der Waals surface area contributed by atoms with Gasteiger partial charge < -0.3 is 10.6 Å². The molecule has 0 aromatic heterocycles. The molecule has 2 aromatic rings. The number of para-hydroxylation sites is 1. The molecular weight excluding hydrogens is 291 g/mol. The monoisotopic (exact) mass is 314 g/mol. The first kappa shape index (κ1) is 17.2. The summed E-state index contributed by atoms with van der Waals surface area (Å²) in [4.78, 5) is 12.0. The summed E-state index contributed by atoms with van der Waals surface area (Å²) in [5.74, 6) is 0.0526. The Morgan fingerprint density at radius 1 is 1.09 bits per heavy atom. The van der Waals surface area contributed by atoms with E-state index in [0.717, 1.165) is 11.3 Å². The van der Waals surface area contributed by atoms with Crippen LogP contribution in [0, 0.1) is 5.82 Å². The predicted molar refractivity (Wildman–Crippen MR) is 92.1 cm³/mol. The standard InChI is InChI=1S/C19H23FN2O/c1-14(2)16-8-4-6-10-18(16)22-19(23)13-21-12-11-15-7-3-5-9-17(15)20/h3-10,14,21H,11-13H2,1-2H3,(H,22,23). The van der Waals surface area contributed by atoms with Crippen LogP contribution in [0.15, 0.2) is 48.5 Å². The number of benzene rings is 2. The lowest BCUT2D eigenvalue weighted by molar-refractivity contribution is -0.115. The average Bonchev–Trinajstić information content (AvgIpc) is 2.53. The van der Waals surface area contributed by atoms with Gasteiger partial charge in [0, 0.05) is 5.69 Å². The van der Waals surface area contributed by atoms with Crippen molar-refractivity contribution in [3.05, 3.63) is 65.5 Å². The van der Waals surface area contributed by atoms with Gasteiger partial charge in [0.05, 0.1) is 6.54 Å². The molecule has 0 fully saturated rings. The zero-order valence-electron chi connectivity index (χ0n) is 13.6. The lowest BCUT2D eigenvalue weighted by Gasteiger charge is -2.14. The molecule has 0 saturated carbocycles. The first-order valence-corrected chi connectivity index (χ1v) is 7.91. The Morgan fingerprint density at radius 3 is 2.52 bits per heavy atom. The normalized spacial score (nSPS) is 10.8. The Hall–Kier alpha value is -2.20. The van der Waals surface area contributed by atoms with Gasteiger partial charge in [-0.2, -0.15) is 0 Å². The van der Waals surface area contributed by atoms with Crippen molar-refractivity contribution < 1.29 is 9.18 Å². The van der Waals surface area contributed by atoms with E-state index in [2.05, 4.69) is 24.5 Å². The Morgan fingerprint density at radius 2 is 1.78 bits per heavy atom. The van der Waals surface area contributed by atoms with E-state index < -0.39 is 0 Å². The third-order valence-corrected chi connectivity index (χ3v) is 3.67. The minimum Gasteiger partial charge on any atom is -0.325 e. The maximum Gasteiger partial charge on any atom is 0.238 e. The van der Waals surface area contributed by atoms with Crippen molar-refractivity contribution in [2.75, 3.05) is 18.4 Å². The number of carbonyl (C=O) groups is 1. The number of amides is 1. The van der Waals surface area contributed by atoms with Gasteiger partial charge in [0.2, 0.25) is 5.91 Å². The van der Waals surface area contributed by atoms with Crippen LogP contribution in [0.1, 0.15) is 30.9 Å². The number of hydrogen-bond acceptors (Lipinski definition) is 2. The lowest BCUT2D eigenvalue weighted by Crippen LogP contribution is -2.30. The second-order valence-electron chi connectivity index (χ2n) is 5.81. The van der Waals surface area contributed by atoms with Gasteiger partial charge in [-0.3, -0.25) is 4.79 Å². The Kier molecular flexibility index (Phi) is 6.29. The second-order valence-corrected chi connectivity index (χ2v) is 5.81. The smallest absolute Gasteiger partial charge is 0.238 e. The number of anilines is 1. The number of hydrogen-bond donors (Lipinski definition) is 2. The van der Waals surface area contributed by atoms with Crippen LogP contribution in [0.2, 0.25) is 0 Å². The predicted octanol–water partition coefficient (Wildman–Crippen LogP) is 3.72. The molecule has 2 aromatic carbocycles. The molecule has 0 saturated heterocycles. The third-order valence-electron chi connectivity index (χ3n) is 3.67. The van der Waals surface area contributed by atoms with Crippen LogP contribution >= 0.6 is 0 Å². The SMILES string of the molecule is CC(C)c1ccccc1NC(=O)CNCCc1ccccc1F. The maximum absolute atomic E-state index is 13.5. The first-order chi connectivity index (χ1) is 11.1. The summed E-state index contributed by atoms with van der Waals surface area (Å²) < 4.78 is 13.5. The molecule has 3 nitrogen and oxygen atoms in total. The second kappa shape index (κ2) is 8.44. The highest BCUT2D eigenvalue weighted by atomic mass is 19.1. The lowest BCUT2D eigenvalue weighted by atomic mass is 10.0. The fraction of sp³-hybridized carbons (Fsp3) is 0.316. The fourth-order valence-electron chi connectivity index (χ4n) is 2.43. The highest BCUT2D eigenvalue weighted by Gasteiger charge is 2.09. The van der Waals surface area contributed by atoms with Gasteiger partial charge >= 0.3 is 0 Å². The van der Waals surface area contributed by atoms with Gasteiger partial charge in [-0.1, -0.05) is 50.2 Å². The van der Waals surface area contributed by atoms with Crippen molar-refractivity contribution in [1.82, 2.24) is 5.32 Å². The molecule has 2 N–H and O–H groups in total. The molecule has 0 aliphatic rings. The van der Waals surface area contributed by atoms with E-state index in [-0.39, 0.29) is 18.3 Å².